The van der Waals surface area contributed by atoms with Crippen LogP contribution in [0, 0.1) is 18.2 Å². The molecule has 2 aromatic rings. The van der Waals surface area contributed by atoms with Gasteiger partial charge in [-0.15, -0.1) is 0 Å². The lowest BCUT2D eigenvalue weighted by Crippen LogP contribution is -2.21. The molecule has 0 fully saturated rings. The first-order chi connectivity index (χ1) is 10.8. The Hall–Kier alpha value is -1.87. The molecule has 0 aliphatic heterocycles. The molecule has 0 radical (unpaired) electrons. The summed E-state index contributed by atoms with van der Waals surface area (Å²) in [5, 5.41) is 0. The lowest BCUT2D eigenvalue weighted by Gasteiger charge is -2.31. The van der Waals surface area contributed by atoms with E-state index in [1.807, 2.05) is 19.1 Å². The van der Waals surface area contributed by atoms with Gasteiger partial charge in [0.15, 0.2) is 0 Å². The lowest BCUT2D eigenvalue weighted by atomic mass is 9.81. The Kier molecular flexibility index (Phi) is 5.10. The van der Waals surface area contributed by atoms with E-state index in [1.54, 1.807) is 26.4 Å². The van der Waals surface area contributed by atoms with Gasteiger partial charge in [0.05, 0.1) is 13.2 Å². The van der Waals surface area contributed by atoms with E-state index in [9.17, 15) is 4.39 Å². The zero-order chi connectivity index (χ0) is 17.2. The highest BCUT2D eigenvalue weighted by Crippen LogP contribution is 2.41. The van der Waals surface area contributed by atoms with Gasteiger partial charge in [0.1, 0.15) is 11.6 Å². The van der Waals surface area contributed by atoms with Crippen molar-refractivity contribution in [2.45, 2.75) is 33.8 Å². The molecule has 23 heavy (non-hydrogen) atoms. The van der Waals surface area contributed by atoms with Crippen molar-refractivity contribution >= 4 is 0 Å². The van der Waals surface area contributed by atoms with E-state index in [4.69, 9.17) is 9.47 Å². The first kappa shape index (κ1) is 17.5. The number of hydrogen-bond acceptors (Lipinski definition) is 2. The molecule has 1 atom stereocenters. The number of halogens is 1. The molecule has 2 aromatic carbocycles. The molecule has 2 nitrogen and oxygen atoms in total. The molecule has 0 saturated carbocycles. The van der Waals surface area contributed by atoms with Crippen molar-refractivity contribution in [2.75, 3.05) is 14.2 Å². The minimum absolute atomic E-state index is 0.105. The molecule has 0 aliphatic carbocycles. The summed E-state index contributed by atoms with van der Waals surface area (Å²) in [5.41, 5.74) is 3.39. The van der Waals surface area contributed by atoms with E-state index in [-0.39, 0.29) is 17.3 Å². The monoisotopic (exact) mass is 316 g/mol. The van der Waals surface area contributed by atoms with Gasteiger partial charge in [-0.05, 0) is 41.7 Å². The predicted molar refractivity (Wildman–Crippen MR) is 92.3 cm³/mol. The average Bonchev–Trinajstić information content (AvgIpc) is 2.48. The van der Waals surface area contributed by atoms with Crippen LogP contribution in [0.1, 0.15) is 38.0 Å². The first-order valence-electron chi connectivity index (χ1n) is 7.75. The number of ether oxygens (including phenoxy) is 2. The molecule has 0 saturated heterocycles. The number of rotatable bonds is 4. The van der Waals surface area contributed by atoms with Crippen molar-refractivity contribution in [3.63, 3.8) is 0 Å². The van der Waals surface area contributed by atoms with Gasteiger partial charge in [0.2, 0.25) is 0 Å². The maximum absolute atomic E-state index is 14.4. The molecular weight excluding hydrogens is 291 g/mol. The second kappa shape index (κ2) is 6.71. The second-order valence-corrected chi connectivity index (χ2v) is 6.92. The maximum Gasteiger partial charge on any atom is 0.131 e. The van der Waals surface area contributed by atoms with Crippen LogP contribution in [0.5, 0.6) is 5.75 Å². The summed E-state index contributed by atoms with van der Waals surface area (Å²) in [7, 11) is 3.28. The fourth-order valence-electron chi connectivity index (χ4n) is 2.93. The summed E-state index contributed by atoms with van der Waals surface area (Å²) < 4.78 is 25.5. The molecule has 124 valence electrons. The topological polar surface area (TPSA) is 18.5 Å². The van der Waals surface area contributed by atoms with Crippen LogP contribution in [-0.2, 0) is 4.74 Å². The Balaban J connectivity index is 2.69. The first-order valence-corrected chi connectivity index (χ1v) is 7.75. The van der Waals surface area contributed by atoms with Gasteiger partial charge < -0.3 is 9.47 Å². The summed E-state index contributed by atoms with van der Waals surface area (Å²) in [6, 6.07) is 10.8. The van der Waals surface area contributed by atoms with Gasteiger partial charge >= 0.3 is 0 Å². The van der Waals surface area contributed by atoms with E-state index in [0.717, 1.165) is 16.7 Å². The second-order valence-electron chi connectivity index (χ2n) is 6.92. The van der Waals surface area contributed by atoms with Crippen molar-refractivity contribution in [2.24, 2.45) is 5.41 Å². The molecule has 0 N–H and O–H groups in total. The van der Waals surface area contributed by atoms with Crippen molar-refractivity contribution in [3.8, 4) is 16.9 Å². The molecule has 3 heteroatoms. The molecule has 0 amide bonds. The van der Waals surface area contributed by atoms with Crippen LogP contribution in [0.15, 0.2) is 36.4 Å². The molecule has 1 unspecified atom stereocenters. The minimum atomic E-state index is -0.264. The minimum Gasteiger partial charge on any atom is -0.497 e. The van der Waals surface area contributed by atoms with Gasteiger partial charge in [-0.1, -0.05) is 44.5 Å². The largest absolute Gasteiger partial charge is 0.497 e. The van der Waals surface area contributed by atoms with Crippen molar-refractivity contribution in [1.82, 2.24) is 0 Å². The maximum atomic E-state index is 14.4. The standard InChI is InChI=1S/C20H25FO2/c1-13-7-9-15(16-12-14(22-5)8-10-18(16)21)17(11-13)19(23-6)20(2,3)4/h7-12,19H,1-6H3. The smallest absolute Gasteiger partial charge is 0.131 e. The van der Waals surface area contributed by atoms with E-state index in [1.165, 1.54) is 6.07 Å². The van der Waals surface area contributed by atoms with Gasteiger partial charge in [0, 0.05) is 12.7 Å². The molecule has 0 spiro atoms. The zero-order valence-corrected chi connectivity index (χ0v) is 14.7. The highest BCUT2D eigenvalue weighted by Gasteiger charge is 2.29. The SMILES string of the molecule is COc1ccc(F)c(-c2ccc(C)cc2C(OC)C(C)(C)C)c1. The Morgan fingerprint density at radius 2 is 1.65 bits per heavy atom. The van der Waals surface area contributed by atoms with E-state index in [2.05, 4.69) is 26.8 Å². The van der Waals surface area contributed by atoms with Crippen LogP contribution >= 0.6 is 0 Å². The fourth-order valence-corrected chi connectivity index (χ4v) is 2.93. The van der Waals surface area contributed by atoms with Gasteiger partial charge in [0.25, 0.3) is 0 Å². The predicted octanol–water partition coefficient (Wildman–Crippen LogP) is 5.54. The Bertz CT molecular complexity index is 687. The molecule has 0 bridgehead atoms. The lowest BCUT2D eigenvalue weighted by molar-refractivity contribution is 0.0155. The van der Waals surface area contributed by atoms with Crippen molar-refractivity contribution in [1.29, 1.82) is 0 Å². The van der Waals surface area contributed by atoms with Crippen molar-refractivity contribution in [3.05, 3.63) is 53.3 Å². The number of aryl methyl sites for hydroxylation is 1. The third kappa shape index (κ3) is 3.73. The normalized spacial score (nSPS) is 13.0. The quantitative estimate of drug-likeness (QED) is 0.737. The molecule has 2 rings (SSSR count). The van der Waals surface area contributed by atoms with E-state index < -0.39 is 0 Å². The Labute approximate surface area is 138 Å². The van der Waals surface area contributed by atoms with Crippen LogP contribution < -0.4 is 4.74 Å². The highest BCUT2D eigenvalue weighted by molar-refractivity contribution is 5.70. The summed E-state index contributed by atoms with van der Waals surface area (Å²) >= 11 is 0. The molecular formula is C20H25FO2. The van der Waals surface area contributed by atoms with Crippen LogP contribution in [0.2, 0.25) is 0 Å². The summed E-state index contributed by atoms with van der Waals surface area (Å²) in [6.45, 7) is 8.39. The number of benzene rings is 2. The van der Waals surface area contributed by atoms with Crippen molar-refractivity contribution < 1.29 is 13.9 Å². The van der Waals surface area contributed by atoms with E-state index in [0.29, 0.717) is 11.3 Å². The summed E-state index contributed by atoms with van der Waals surface area (Å²) in [5.74, 6) is 0.373. The third-order valence-corrected chi connectivity index (χ3v) is 3.98. The van der Waals surface area contributed by atoms with Crippen LogP contribution in [0.4, 0.5) is 4.39 Å². The van der Waals surface area contributed by atoms with Gasteiger partial charge in [-0.2, -0.15) is 0 Å². The number of methoxy groups -OCH3 is 2. The van der Waals surface area contributed by atoms with E-state index >= 15 is 0 Å². The Morgan fingerprint density at radius 1 is 0.957 bits per heavy atom. The van der Waals surface area contributed by atoms with Gasteiger partial charge in [-0.3, -0.25) is 0 Å². The van der Waals surface area contributed by atoms with Crippen LogP contribution in [0.3, 0.4) is 0 Å². The van der Waals surface area contributed by atoms with Crippen LogP contribution in [0.25, 0.3) is 11.1 Å². The summed E-state index contributed by atoms with van der Waals surface area (Å²) in [6.07, 6.45) is -0.136. The molecule has 0 aromatic heterocycles. The Morgan fingerprint density at radius 3 is 2.22 bits per heavy atom. The van der Waals surface area contributed by atoms with Crippen LogP contribution in [-0.4, -0.2) is 14.2 Å². The van der Waals surface area contributed by atoms with Gasteiger partial charge in [-0.25, -0.2) is 4.39 Å². The fraction of sp³-hybridized carbons (Fsp3) is 0.400. The highest BCUT2D eigenvalue weighted by atomic mass is 19.1. The molecule has 0 heterocycles. The summed E-state index contributed by atoms with van der Waals surface area (Å²) in [4.78, 5) is 0. The number of hydrogen-bond donors (Lipinski definition) is 0. The zero-order valence-electron chi connectivity index (χ0n) is 14.7. The molecule has 0 aliphatic rings. The average molecular weight is 316 g/mol. The third-order valence-electron chi connectivity index (χ3n) is 3.98.